The van der Waals surface area contributed by atoms with E-state index in [-0.39, 0.29) is 11.9 Å². The van der Waals surface area contributed by atoms with Crippen LogP contribution in [0.3, 0.4) is 0 Å². The topological polar surface area (TPSA) is 39.2 Å². The molecule has 18 heavy (non-hydrogen) atoms. The van der Waals surface area contributed by atoms with Gasteiger partial charge in [0.1, 0.15) is 19.7 Å². The Labute approximate surface area is 106 Å². The summed E-state index contributed by atoms with van der Waals surface area (Å²) in [4.78, 5) is 16.1. The van der Waals surface area contributed by atoms with Gasteiger partial charge in [0.25, 0.3) is 0 Å². The minimum Gasteiger partial charge on any atom is -0.484 e. The number of nitrogens with zero attached hydrogens (tertiary/aromatic N) is 1. The van der Waals surface area contributed by atoms with Gasteiger partial charge in [0.2, 0.25) is 0 Å². The first-order chi connectivity index (χ1) is 8.74. The number of rotatable bonds is 1. The molecule has 2 aromatic rings. The number of carbonyl (C=O) groups is 1. The van der Waals surface area contributed by atoms with Crippen LogP contribution in [0, 0.1) is 0 Å². The van der Waals surface area contributed by atoms with Gasteiger partial charge in [-0.15, -0.1) is 0 Å². The van der Waals surface area contributed by atoms with E-state index in [1.54, 1.807) is 30.6 Å². The molecule has 0 amide bonds. The third-order valence-electron chi connectivity index (χ3n) is 3.00. The molecule has 1 aliphatic heterocycles. The van der Waals surface area contributed by atoms with E-state index in [4.69, 9.17) is 12.6 Å². The number of fused-ring (bicyclic) bond motifs is 1. The van der Waals surface area contributed by atoms with Crippen LogP contribution in [0.1, 0.15) is 28.4 Å². The second kappa shape index (κ2) is 4.29. The Kier molecular flexibility index (Phi) is 2.63. The molecule has 2 radical (unpaired) electrons. The van der Waals surface area contributed by atoms with Gasteiger partial charge in [-0.25, -0.2) is 0 Å². The lowest BCUT2D eigenvalue weighted by Gasteiger charge is -2.25. The molecule has 4 heteroatoms. The summed E-state index contributed by atoms with van der Waals surface area (Å²) in [6, 6.07) is 8.88. The quantitative estimate of drug-likeness (QED) is 0.704. The molecule has 0 bridgehead atoms. The molecule has 1 aromatic carbocycles. The molecule has 0 spiro atoms. The minimum atomic E-state index is -0.262. The molecule has 1 aliphatic rings. The van der Waals surface area contributed by atoms with Crippen molar-refractivity contribution in [3.05, 3.63) is 53.9 Å². The standard InChI is InChI=1S/C14H10BNO2/c15-10-3-4-13-11(6-10)12(17)7-14(18-13)9-2-1-5-16-8-9/h1-6,8,14H,7H2. The summed E-state index contributed by atoms with van der Waals surface area (Å²) in [5.74, 6) is 0.645. The highest BCUT2D eigenvalue weighted by Crippen LogP contribution is 2.33. The first-order valence-corrected chi connectivity index (χ1v) is 5.73. The van der Waals surface area contributed by atoms with Crippen LogP contribution in [-0.4, -0.2) is 18.6 Å². The number of benzene rings is 1. The fraction of sp³-hybridized carbons (Fsp3) is 0.143. The van der Waals surface area contributed by atoms with Crippen LogP contribution >= 0.6 is 0 Å². The molecule has 3 rings (SSSR count). The number of pyridine rings is 1. The van der Waals surface area contributed by atoms with Crippen LogP contribution in [0.25, 0.3) is 0 Å². The van der Waals surface area contributed by atoms with Crippen molar-refractivity contribution in [1.29, 1.82) is 0 Å². The Balaban J connectivity index is 1.97. The number of hydrogen-bond acceptors (Lipinski definition) is 3. The van der Waals surface area contributed by atoms with E-state index in [9.17, 15) is 4.79 Å². The average Bonchev–Trinajstić information content (AvgIpc) is 2.40. The van der Waals surface area contributed by atoms with Crippen molar-refractivity contribution in [3.8, 4) is 5.75 Å². The van der Waals surface area contributed by atoms with Crippen molar-refractivity contribution in [3.63, 3.8) is 0 Å². The molecule has 0 saturated heterocycles. The molecule has 1 unspecified atom stereocenters. The largest absolute Gasteiger partial charge is 0.484 e. The molecule has 3 nitrogen and oxygen atoms in total. The van der Waals surface area contributed by atoms with Gasteiger partial charge in [0.15, 0.2) is 5.78 Å². The smallest absolute Gasteiger partial charge is 0.170 e. The fourth-order valence-corrected chi connectivity index (χ4v) is 2.09. The molecular weight excluding hydrogens is 225 g/mol. The molecule has 86 valence electrons. The Bertz CT molecular complexity index is 598. The lowest BCUT2D eigenvalue weighted by molar-refractivity contribution is 0.0850. The lowest BCUT2D eigenvalue weighted by Crippen LogP contribution is -2.22. The van der Waals surface area contributed by atoms with Gasteiger partial charge in [0, 0.05) is 18.0 Å². The number of ketones is 1. The van der Waals surface area contributed by atoms with Crippen molar-refractivity contribution in [1.82, 2.24) is 4.98 Å². The first-order valence-electron chi connectivity index (χ1n) is 5.73. The molecule has 1 aromatic heterocycles. The van der Waals surface area contributed by atoms with Gasteiger partial charge in [-0.3, -0.25) is 9.78 Å². The molecule has 2 heterocycles. The van der Waals surface area contributed by atoms with Crippen molar-refractivity contribution in [2.24, 2.45) is 0 Å². The first kappa shape index (κ1) is 11.0. The van der Waals surface area contributed by atoms with Crippen molar-refractivity contribution >= 4 is 19.1 Å². The summed E-state index contributed by atoms with van der Waals surface area (Å²) in [6.45, 7) is 0. The molecule has 0 fully saturated rings. The van der Waals surface area contributed by atoms with E-state index in [2.05, 4.69) is 4.98 Å². The highest BCUT2D eigenvalue weighted by atomic mass is 16.5. The van der Waals surface area contributed by atoms with Crippen LogP contribution in [0.5, 0.6) is 5.75 Å². The molecule has 0 aliphatic carbocycles. The summed E-state index contributed by atoms with van der Waals surface area (Å²) < 4.78 is 5.83. The minimum absolute atomic E-state index is 0.0532. The maximum atomic E-state index is 12.1. The second-order valence-corrected chi connectivity index (χ2v) is 4.28. The zero-order chi connectivity index (χ0) is 12.5. The van der Waals surface area contributed by atoms with E-state index in [0.717, 1.165) is 5.56 Å². The van der Waals surface area contributed by atoms with Gasteiger partial charge in [-0.05, 0) is 12.1 Å². The summed E-state index contributed by atoms with van der Waals surface area (Å²) in [6.07, 6.45) is 3.48. The monoisotopic (exact) mass is 235 g/mol. The summed E-state index contributed by atoms with van der Waals surface area (Å²) in [7, 11) is 5.67. The van der Waals surface area contributed by atoms with Gasteiger partial charge < -0.3 is 4.74 Å². The van der Waals surface area contributed by atoms with Crippen molar-refractivity contribution in [2.75, 3.05) is 0 Å². The molecular formula is C14H10BNO2. The maximum Gasteiger partial charge on any atom is 0.170 e. The number of aromatic nitrogens is 1. The Morgan fingerprint density at radius 1 is 1.33 bits per heavy atom. The van der Waals surface area contributed by atoms with E-state index < -0.39 is 0 Å². The van der Waals surface area contributed by atoms with Crippen LogP contribution in [0.2, 0.25) is 0 Å². The second-order valence-electron chi connectivity index (χ2n) is 4.28. The highest BCUT2D eigenvalue weighted by Gasteiger charge is 2.27. The number of carbonyl (C=O) groups excluding carboxylic acids is 1. The van der Waals surface area contributed by atoms with Gasteiger partial charge >= 0.3 is 0 Å². The summed E-state index contributed by atoms with van der Waals surface area (Å²) in [5, 5.41) is 0. The fourth-order valence-electron chi connectivity index (χ4n) is 2.09. The van der Waals surface area contributed by atoms with E-state index >= 15 is 0 Å². The van der Waals surface area contributed by atoms with Crippen LogP contribution < -0.4 is 10.2 Å². The van der Waals surface area contributed by atoms with Crippen LogP contribution in [-0.2, 0) is 0 Å². The molecule has 0 saturated carbocycles. The normalized spacial score (nSPS) is 18.0. The zero-order valence-corrected chi connectivity index (χ0v) is 9.67. The third kappa shape index (κ3) is 1.90. The van der Waals surface area contributed by atoms with Crippen molar-refractivity contribution < 1.29 is 9.53 Å². The average molecular weight is 235 g/mol. The van der Waals surface area contributed by atoms with Gasteiger partial charge in [-0.1, -0.05) is 23.7 Å². The predicted octanol–water partition coefficient (Wildman–Crippen LogP) is 1.58. The van der Waals surface area contributed by atoms with Gasteiger partial charge in [-0.2, -0.15) is 0 Å². The van der Waals surface area contributed by atoms with E-state index in [1.807, 2.05) is 12.1 Å². The summed E-state index contributed by atoms with van der Waals surface area (Å²) >= 11 is 0. The number of hydrogen-bond donors (Lipinski definition) is 0. The lowest BCUT2D eigenvalue weighted by atomic mass is 9.90. The highest BCUT2D eigenvalue weighted by molar-refractivity contribution is 6.32. The van der Waals surface area contributed by atoms with E-state index in [0.29, 0.717) is 23.2 Å². The van der Waals surface area contributed by atoms with E-state index in [1.165, 1.54) is 0 Å². The Morgan fingerprint density at radius 3 is 3.00 bits per heavy atom. The maximum absolute atomic E-state index is 12.1. The van der Waals surface area contributed by atoms with Gasteiger partial charge in [0.05, 0.1) is 12.0 Å². The van der Waals surface area contributed by atoms with Crippen molar-refractivity contribution in [2.45, 2.75) is 12.5 Å². The summed E-state index contributed by atoms with van der Waals surface area (Å²) in [5.41, 5.74) is 2.05. The molecule has 1 atom stereocenters. The van der Waals surface area contributed by atoms with Crippen LogP contribution in [0.4, 0.5) is 0 Å². The Hall–Kier alpha value is -2.10. The Morgan fingerprint density at radius 2 is 2.22 bits per heavy atom. The molecule has 0 N–H and O–H groups in total. The number of Topliss-reactive ketones (excluding diaryl/α,β-unsaturated/α-hetero) is 1. The third-order valence-corrected chi connectivity index (χ3v) is 3.00. The number of ether oxygens (including phenoxy) is 1. The van der Waals surface area contributed by atoms with Crippen LogP contribution in [0.15, 0.2) is 42.7 Å². The SMILES string of the molecule is [B]c1ccc2c(c1)C(=O)CC(c1cccnc1)O2. The zero-order valence-electron chi connectivity index (χ0n) is 9.67. The predicted molar refractivity (Wildman–Crippen MR) is 68.4 cm³/mol.